The van der Waals surface area contributed by atoms with Crippen molar-refractivity contribution in [2.24, 2.45) is 0 Å². The van der Waals surface area contributed by atoms with Gasteiger partial charge in [-0.15, -0.1) is 0 Å². The Bertz CT molecular complexity index is 921. The molecule has 8 nitrogen and oxygen atoms in total. The summed E-state index contributed by atoms with van der Waals surface area (Å²) in [5.74, 6) is -0.382. The zero-order chi connectivity index (χ0) is 21.3. The molecule has 9 heteroatoms. The lowest BCUT2D eigenvalue weighted by Gasteiger charge is -2.28. The Labute approximate surface area is 177 Å². The Morgan fingerprint density at radius 2 is 1.80 bits per heavy atom. The summed E-state index contributed by atoms with van der Waals surface area (Å²) in [6, 6.07) is 4.31. The van der Waals surface area contributed by atoms with E-state index in [-0.39, 0.29) is 22.8 Å². The second-order valence-electron chi connectivity index (χ2n) is 8.26. The number of amides is 2. The zero-order valence-corrected chi connectivity index (χ0v) is 18.1. The normalized spacial score (nSPS) is 23.2. The fourth-order valence-corrected chi connectivity index (χ4v) is 6.13. The van der Waals surface area contributed by atoms with Crippen LogP contribution in [-0.4, -0.2) is 62.9 Å². The minimum Gasteiger partial charge on any atom is -0.379 e. The van der Waals surface area contributed by atoms with Crippen LogP contribution in [0.4, 0.5) is 5.69 Å². The van der Waals surface area contributed by atoms with E-state index < -0.39 is 16.1 Å². The molecule has 2 aliphatic heterocycles. The number of rotatable bonds is 4. The standard InChI is InChI=1S/C21H29N3O5S/c1-15(25)24-19-8-7-18(30(27,28)23-9-11-29-12-10-23)13-16(19)14-20(24)21(26)22-17-5-3-2-4-6-17/h7-8,13,17,20H,2-6,9-12,14H2,1H3,(H,22,26)/t20-/m0/s1. The molecule has 164 valence electrons. The van der Waals surface area contributed by atoms with Crippen molar-refractivity contribution in [3.63, 3.8) is 0 Å². The molecule has 2 heterocycles. The van der Waals surface area contributed by atoms with Crippen molar-refractivity contribution in [2.45, 2.75) is 62.4 Å². The monoisotopic (exact) mass is 435 g/mol. The van der Waals surface area contributed by atoms with Gasteiger partial charge in [0.05, 0.1) is 18.1 Å². The molecular formula is C21H29N3O5S. The van der Waals surface area contributed by atoms with E-state index in [4.69, 9.17) is 4.74 Å². The van der Waals surface area contributed by atoms with Gasteiger partial charge in [-0.1, -0.05) is 19.3 Å². The third-order valence-electron chi connectivity index (χ3n) is 6.24. The van der Waals surface area contributed by atoms with Gasteiger partial charge in [-0.2, -0.15) is 4.31 Å². The van der Waals surface area contributed by atoms with E-state index in [1.807, 2.05) is 0 Å². The maximum absolute atomic E-state index is 13.0. The fourth-order valence-electron chi connectivity index (χ4n) is 4.67. The number of carbonyl (C=O) groups is 2. The lowest BCUT2D eigenvalue weighted by molar-refractivity contribution is -0.126. The van der Waals surface area contributed by atoms with E-state index in [1.165, 1.54) is 28.6 Å². The van der Waals surface area contributed by atoms with Gasteiger partial charge < -0.3 is 10.1 Å². The number of fused-ring (bicyclic) bond motifs is 1. The zero-order valence-electron chi connectivity index (χ0n) is 17.3. The van der Waals surface area contributed by atoms with Crippen LogP contribution in [0.3, 0.4) is 0 Å². The first-order valence-corrected chi connectivity index (χ1v) is 12.1. The predicted octanol–water partition coefficient (Wildman–Crippen LogP) is 1.43. The highest BCUT2D eigenvalue weighted by Crippen LogP contribution is 2.35. The summed E-state index contributed by atoms with van der Waals surface area (Å²) >= 11 is 0. The molecule has 1 atom stereocenters. The van der Waals surface area contributed by atoms with Crippen LogP contribution in [0.5, 0.6) is 0 Å². The summed E-state index contributed by atoms with van der Waals surface area (Å²) in [7, 11) is -3.63. The SMILES string of the molecule is CC(=O)N1c2ccc(S(=O)(=O)N3CCOCC3)cc2C[C@H]1C(=O)NC1CCCCC1. The highest BCUT2D eigenvalue weighted by Gasteiger charge is 2.39. The van der Waals surface area contributed by atoms with Crippen molar-refractivity contribution in [3.8, 4) is 0 Å². The first-order valence-electron chi connectivity index (χ1n) is 10.7. The number of sulfonamides is 1. The second-order valence-corrected chi connectivity index (χ2v) is 10.2. The maximum atomic E-state index is 13.0. The van der Waals surface area contributed by atoms with E-state index >= 15 is 0 Å². The second kappa shape index (κ2) is 8.64. The highest BCUT2D eigenvalue weighted by atomic mass is 32.2. The van der Waals surface area contributed by atoms with Gasteiger partial charge >= 0.3 is 0 Å². The van der Waals surface area contributed by atoms with Crippen LogP contribution in [0, 0.1) is 0 Å². The highest BCUT2D eigenvalue weighted by molar-refractivity contribution is 7.89. The van der Waals surface area contributed by atoms with E-state index in [9.17, 15) is 18.0 Å². The van der Waals surface area contributed by atoms with Gasteiger partial charge in [-0.3, -0.25) is 14.5 Å². The van der Waals surface area contributed by atoms with E-state index in [0.717, 1.165) is 25.7 Å². The topological polar surface area (TPSA) is 96.0 Å². The minimum atomic E-state index is -3.63. The molecule has 1 N–H and O–H groups in total. The first-order chi connectivity index (χ1) is 14.4. The molecule has 2 amide bonds. The fraction of sp³-hybridized carbons (Fsp3) is 0.619. The Morgan fingerprint density at radius 3 is 2.47 bits per heavy atom. The van der Waals surface area contributed by atoms with Crippen molar-refractivity contribution in [2.75, 3.05) is 31.2 Å². The molecule has 0 aromatic heterocycles. The van der Waals surface area contributed by atoms with Gasteiger partial charge in [0.1, 0.15) is 6.04 Å². The number of anilines is 1. The Balaban J connectivity index is 1.57. The van der Waals surface area contributed by atoms with Crippen LogP contribution in [0.15, 0.2) is 23.1 Å². The van der Waals surface area contributed by atoms with Crippen molar-refractivity contribution in [1.29, 1.82) is 0 Å². The van der Waals surface area contributed by atoms with Gasteiger partial charge in [0, 0.05) is 38.2 Å². The van der Waals surface area contributed by atoms with Gasteiger partial charge in [0.25, 0.3) is 0 Å². The molecular weight excluding hydrogens is 406 g/mol. The maximum Gasteiger partial charge on any atom is 0.243 e. The number of nitrogens with one attached hydrogen (secondary N) is 1. The van der Waals surface area contributed by atoms with Crippen LogP contribution in [0.25, 0.3) is 0 Å². The van der Waals surface area contributed by atoms with Gasteiger partial charge in [0.15, 0.2) is 0 Å². The van der Waals surface area contributed by atoms with Crippen molar-refractivity contribution >= 4 is 27.5 Å². The number of nitrogens with zero attached hydrogens (tertiary/aromatic N) is 2. The van der Waals surface area contributed by atoms with Gasteiger partial charge in [-0.05, 0) is 36.6 Å². The molecule has 0 spiro atoms. The third-order valence-corrected chi connectivity index (χ3v) is 8.13. The van der Waals surface area contributed by atoms with Crippen LogP contribution in [0.1, 0.15) is 44.6 Å². The molecule has 1 aromatic carbocycles. The van der Waals surface area contributed by atoms with E-state index in [1.54, 1.807) is 12.1 Å². The number of morpholine rings is 1. The molecule has 1 aliphatic carbocycles. The lowest BCUT2D eigenvalue weighted by atomic mass is 9.95. The van der Waals surface area contributed by atoms with E-state index in [0.29, 0.717) is 44.0 Å². The number of hydrogen-bond acceptors (Lipinski definition) is 5. The molecule has 1 aromatic rings. The largest absolute Gasteiger partial charge is 0.379 e. The summed E-state index contributed by atoms with van der Waals surface area (Å²) in [6.45, 7) is 2.85. The molecule has 0 radical (unpaired) electrons. The quantitative estimate of drug-likeness (QED) is 0.772. The van der Waals surface area contributed by atoms with E-state index in [2.05, 4.69) is 5.32 Å². The summed E-state index contributed by atoms with van der Waals surface area (Å²) in [5.41, 5.74) is 1.33. The summed E-state index contributed by atoms with van der Waals surface area (Å²) in [4.78, 5) is 27.0. The molecule has 1 saturated carbocycles. The van der Waals surface area contributed by atoms with Gasteiger partial charge in [-0.25, -0.2) is 8.42 Å². The summed E-state index contributed by atoms with van der Waals surface area (Å²) in [5, 5.41) is 3.10. The van der Waals surface area contributed by atoms with Gasteiger partial charge in [0.2, 0.25) is 21.8 Å². The minimum absolute atomic E-state index is 0.154. The third kappa shape index (κ3) is 4.10. The number of carbonyl (C=O) groups excluding carboxylic acids is 2. The Kier molecular flexibility index (Phi) is 6.13. The molecule has 2 fully saturated rings. The summed E-state index contributed by atoms with van der Waals surface area (Å²) in [6.07, 6.45) is 5.66. The van der Waals surface area contributed by atoms with Crippen LogP contribution in [0.2, 0.25) is 0 Å². The smallest absolute Gasteiger partial charge is 0.243 e. The van der Waals surface area contributed by atoms with Crippen molar-refractivity contribution in [1.82, 2.24) is 9.62 Å². The Hall–Kier alpha value is -1.97. The predicted molar refractivity (Wildman–Crippen MR) is 112 cm³/mol. The van der Waals surface area contributed by atoms with Crippen LogP contribution in [-0.2, 0) is 30.8 Å². The number of ether oxygens (including phenoxy) is 1. The lowest BCUT2D eigenvalue weighted by Crippen LogP contribution is -2.50. The number of hydrogen-bond donors (Lipinski definition) is 1. The molecule has 0 bridgehead atoms. The van der Waals surface area contributed by atoms with Crippen LogP contribution >= 0.6 is 0 Å². The Morgan fingerprint density at radius 1 is 1.10 bits per heavy atom. The first kappa shape index (κ1) is 21.3. The van der Waals surface area contributed by atoms with Crippen LogP contribution < -0.4 is 10.2 Å². The summed E-state index contributed by atoms with van der Waals surface area (Å²) < 4.78 is 32.7. The molecule has 4 rings (SSSR count). The molecule has 0 unspecified atom stereocenters. The van der Waals surface area contributed by atoms with Crippen molar-refractivity contribution < 1.29 is 22.7 Å². The average molecular weight is 436 g/mol. The molecule has 3 aliphatic rings. The number of benzene rings is 1. The van der Waals surface area contributed by atoms with Crippen molar-refractivity contribution in [3.05, 3.63) is 23.8 Å². The molecule has 30 heavy (non-hydrogen) atoms. The molecule has 1 saturated heterocycles. The average Bonchev–Trinajstić information content (AvgIpc) is 3.14.